The van der Waals surface area contributed by atoms with Crippen LogP contribution in [-0.2, 0) is 11.3 Å². The Balaban J connectivity index is 1.79. The SMILES string of the molecule is CCNC(=NCc1ccc(N2CCCC2=O)cc1)NCCCCN(C)C(C)C. The first-order valence-electron chi connectivity index (χ1n) is 10.6. The van der Waals surface area contributed by atoms with E-state index < -0.39 is 0 Å². The predicted octanol–water partition coefficient (Wildman–Crippen LogP) is 2.99. The molecule has 6 nitrogen and oxygen atoms in total. The van der Waals surface area contributed by atoms with E-state index in [-0.39, 0.29) is 5.91 Å². The van der Waals surface area contributed by atoms with Gasteiger partial charge in [-0.3, -0.25) is 4.79 Å². The first kappa shape index (κ1) is 22.2. The second-order valence-corrected chi connectivity index (χ2v) is 7.72. The Hall–Kier alpha value is -2.08. The summed E-state index contributed by atoms with van der Waals surface area (Å²) in [6.07, 6.45) is 3.92. The van der Waals surface area contributed by atoms with E-state index in [1.807, 2.05) is 17.0 Å². The van der Waals surface area contributed by atoms with Gasteiger partial charge in [0.05, 0.1) is 6.54 Å². The van der Waals surface area contributed by atoms with E-state index in [9.17, 15) is 4.79 Å². The molecule has 1 aliphatic rings. The highest BCUT2D eigenvalue weighted by atomic mass is 16.2. The summed E-state index contributed by atoms with van der Waals surface area (Å²) in [6, 6.07) is 8.78. The Morgan fingerprint density at radius 3 is 2.57 bits per heavy atom. The highest BCUT2D eigenvalue weighted by molar-refractivity contribution is 5.95. The molecular weight excluding hydrogens is 350 g/mol. The number of carbonyl (C=O) groups is 1. The lowest BCUT2D eigenvalue weighted by atomic mass is 10.2. The zero-order valence-electron chi connectivity index (χ0n) is 18.0. The maximum Gasteiger partial charge on any atom is 0.227 e. The van der Waals surface area contributed by atoms with E-state index in [4.69, 9.17) is 4.99 Å². The highest BCUT2D eigenvalue weighted by Crippen LogP contribution is 2.21. The van der Waals surface area contributed by atoms with Crippen molar-refractivity contribution in [1.82, 2.24) is 15.5 Å². The largest absolute Gasteiger partial charge is 0.357 e. The minimum absolute atomic E-state index is 0.226. The number of anilines is 1. The van der Waals surface area contributed by atoms with Crippen molar-refractivity contribution in [1.29, 1.82) is 0 Å². The van der Waals surface area contributed by atoms with E-state index in [1.165, 1.54) is 6.42 Å². The van der Waals surface area contributed by atoms with E-state index in [0.29, 0.717) is 19.0 Å². The van der Waals surface area contributed by atoms with E-state index in [1.54, 1.807) is 0 Å². The number of hydrogen-bond donors (Lipinski definition) is 2. The Morgan fingerprint density at radius 1 is 1.21 bits per heavy atom. The molecule has 0 aliphatic carbocycles. The minimum atomic E-state index is 0.226. The lowest BCUT2D eigenvalue weighted by molar-refractivity contribution is -0.117. The minimum Gasteiger partial charge on any atom is -0.357 e. The van der Waals surface area contributed by atoms with Gasteiger partial charge in [0, 0.05) is 37.8 Å². The Kier molecular flexibility index (Phi) is 9.28. The van der Waals surface area contributed by atoms with Gasteiger partial charge in [0.25, 0.3) is 0 Å². The third kappa shape index (κ3) is 7.15. The summed E-state index contributed by atoms with van der Waals surface area (Å²) in [5, 5.41) is 6.73. The number of nitrogens with zero attached hydrogens (tertiary/aromatic N) is 3. The van der Waals surface area contributed by atoms with E-state index >= 15 is 0 Å². The topological polar surface area (TPSA) is 60.0 Å². The first-order chi connectivity index (χ1) is 13.5. The van der Waals surface area contributed by atoms with Gasteiger partial charge in [-0.2, -0.15) is 0 Å². The molecule has 2 N–H and O–H groups in total. The summed E-state index contributed by atoms with van der Waals surface area (Å²) in [6.45, 7) is 10.9. The molecule has 0 bridgehead atoms. The van der Waals surface area contributed by atoms with Crippen LogP contribution in [0, 0.1) is 0 Å². The summed E-state index contributed by atoms with van der Waals surface area (Å²) in [7, 11) is 2.18. The fraction of sp³-hybridized carbons (Fsp3) is 0.636. The molecule has 2 rings (SSSR count). The number of guanidine groups is 1. The molecule has 0 aromatic heterocycles. The standard InChI is InChI=1S/C22H37N5O/c1-5-23-22(24-14-6-7-15-26(4)18(2)3)25-17-19-10-12-20(13-11-19)27-16-8-9-21(27)28/h10-13,18H,5-9,14-17H2,1-4H3,(H2,23,24,25). The quantitative estimate of drug-likeness (QED) is 0.368. The van der Waals surface area contributed by atoms with Crippen LogP contribution >= 0.6 is 0 Å². The van der Waals surface area contributed by atoms with Crippen LogP contribution in [0.2, 0.25) is 0 Å². The van der Waals surface area contributed by atoms with Crippen LogP contribution in [0.4, 0.5) is 5.69 Å². The second kappa shape index (κ2) is 11.7. The number of hydrogen-bond acceptors (Lipinski definition) is 3. The van der Waals surface area contributed by atoms with Crippen LogP contribution in [-0.4, -0.2) is 56.0 Å². The van der Waals surface area contributed by atoms with E-state index in [0.717, 1.165) is 56.2 Å². The molecule has 1 heterocycles. The van der Waals surface area contributed by atoms with Crippen molar-refractivity contribution in [3.05, 3.63) is 29.8 Å². The molecule has 1 aromatic rings. The lowest BCUT2D eigenvalue weighted by Gasteiger charge is -2.20. The number of amides is 1. The van der Waals surface area contributed by atoms with E-state index in [2.05, 4.69) is 55.5 Å². The van der Waals surface area contributed by atoms with Crippen molar-refractivity contribution in [2.75, 3.05) is 38.1 Å². The Morgan fingerprint density at radius 2 is 1.96 bits per heavy atom. The molecule has 1 aromatic carbocycles. The molecule has 28 heavy (non-hydrogen) atoms. The molecule has 0 unspecified atom stereocenters. The van der Waals surface area contributed by atoms with Gasteiger partial charge in [-0.15, -0.1) is 0 Å². The molecule has 0 radical (unpaired) electrons. The van der Waals surface area contributed by atoms with Crippen molar-refractivity contribution >= 4 is 17.6 Å². The van der Waals surface area contributed by atoms with Crippen LogP contribution in [0.15, 0.2) is 29.3 Å². The highest BCUT2D eigenvalue weighted by Gasteiger charge is 2.21. The van der Waals surface area contributed by atoms with Crippen LogP contribution in [0.5, 0.6) is 0 Å². The fourth-order valence-electron chi connectivity index (χ4n) is 3.17. The van der Waals surface area contributed by atoms with Gasteiger partial charge in [0.1, 0.15) is 0 Å². The van der Waals surface area contributed by atoms with Gasteiger partial charge >= 0.3 is 0 Å². The zero-order valence-corrected chi connectivity index (χ0v) is 18.0. The fourth-order valence-corrected chi connectivity index (χ4v) is 3.17. The molecule has 1 saturated heterocycles. The molecule has 6 heteroatoms. The Labute approximate surface area is 170 Å². The van der Waals surface area contributed by atoms with Gasteiger partial charge in [0.2, 0.25) is 5.91 Å². The zero-order chi connectivity index (χ0) is 20.4. The average molecular weight is 388 g/mol. The molecule has 1 aliphatic heterocycles. The van der Waals surface area contributed by atoms with Crippen molar-refractivity contribution in [3.8, 4) is 0 Å². The number of benzene rings is 1. The van der Waals surface area contributed by atoms with Crippen LogP contribution in [0.25, 0.3) is 0 Å². The summed E-state index contributed by atoms with van der Waals surface area (Å²) in [5.41, 5.74) is 2.14. The maximum atomic E-state index is 11.8. The molecule has 0 atom stereocenters. The smallest absolute Gasteiger partial charge is 0.227 e. The maximum absolute atomic E-state index is 11.8. The van der Waals surface area contributed by atoms with Crippen molar-refractivity contribution < 1.29 is 4.79 Å². The predicted molar refractivity (Wildman–Crippen MR) is 118 cm³/mol. The molecule has 0 saturated carbocycles. The van der Waals surface area contributed by atoms with Crippen LogP contribution in [0.3, 0.4) is 0 Å². The van der Waals surface area contributed by atoms with Crippen molar-refractivity contribution in [3.63, 3.8) is 0 Å². The molecule has 0 spiro atoms. The number of carbonyl (C=O) groups excluding carboxylic acids is 1. The molecule has 1 fully saturated rings. The van der Waals surface area contributed by atoms with Crippen molar-refractivity contribution in [2.24, 2.45) is 4.99 Å². The van der Waals surface area contributed by atoms with Crippen molar-refractivity contribution in [2.45, 2.75) is 59.0 Å². The van der Waals surface area contributed by atoms with Gasteiger partial charge in [0.15, 0.2) is 5.96 Å². The number of nitrogens with one attached hydrogen (secondary N) is 2. The van der Waals surface area contributed by atoms with Gasteiger partial charge in [-0.1, -0.05) is 12.1 Å². The van der Waals surface area contributed by atoms with Crippen LogP contribution < -0.4 is 15.5 Å². The molecular formula is C22H37N5O. The summed E-state index contributed by atoms with van der Waals surface area (Å²) >= 11 is 0. The Bertz CT molecular complexity index is 626. The summed E-state index contributed by atoms with van der Waals surface area (Å²) < 4.78 is 0. The summed E-state index contributed by atoms with van der Waals surface area (Å²) in [4.78, 5) is 20.8. The first-order valence-corrected chi connectivity index (χ1v) is 10.6. The third-order valence-corrected chi connectivity index (χ3v) is 5.20. The molecule has 1 amide bonds. The lowest BCUT2D eigenvalue weighted by Crippen LogP contribution is -2.38. The second-order valence-electron chi connectivity index (χ2n) is 7.72. The van der Waals surface area contributed by atoms with Gasteiger partial charge in [-0.25, -0.2) is 4.99 Å². The van der Waals surface area contributed by atoms with Gasteiger partial charge in [-0.05, 0) is 71.3 Å². The van der Waals surface area contributed by atoms with Crippen LogP contribution in [0.1, 0.15) is 52.0 Å². The molecule has 156 valence electrons. The monoisotopic (exact) mass is 387 g/mol. The number of unbranched alkanes of at least 4 members (excludes halogenated alkanes) is 1. The van der Waals surface area contributed by atoms with Gasteiger partial charge < -0.3 is 20.4 Å². The normalized spacial score (nSPS) is 15.0. The average Bonchev–Trinajstić information content (AvgIpc) is 3.11. The third-order valence-electron chi connectivity index (χ3n) is 5.20. The summed E-state index contributed by atoms with van der Waals surface area (Å²) in [5.74, 6) is 1.09. The number of rotatable bonds is 10. The number of aliphatic imine (C=N–C) groups is 1.